The maximum Gasteiger partial charge on any atom is 0.274 e. The van der Waals surface area contributed by atoms with Gasteiger partial charge in [0.05, 0.1) is 17.3 Å². The highest BCUT2D eigenvalue weighted by molar-refractivity contribution is 5.98. The molecule has 116 valence electrons. The lowest BCUT2D eigenvalue weighted by molar-refractivity contribution is -0.123. The summed E-state index contributed by atoms with van der Waals surface area (Å²) in [6.45, 7) is 4.27. The van der Waals surface area contributed by atoms with Gasteiger partial charge < -0.3 is 16.4 Å². The van der Waals surface area contributed by atoms with Crippen molar-refractivity contribution in [3.8, 4) is 0 Å². The molecule has 1 aromatic rings. The number of nitrogen functional groups attached to an aromatic ring is 1. The first-order valence-electron chi connectivity index (χ1n) is 7.28. The fraction of sp³-hybridized carbons (Fsp3) is 0.643. The zero-order chi connectivity index (χ0) is 15.7. The topological polar surface area (TPSA) is 107 Å². The molecule has 1 fully saturated rings. The standard InChI is InChI=1S/C14H23N5O2/c1-4-10-11(15)12(18(3)17-10)14(21)19-7-9(13(16)20)6-5-8(19)2/h8-9H,4-7,15H2,1-3H3,(H2,16,20). The molecule has 0 aromatic carbocycles. The van der Waals surface area contributed by atoms with Crippen molar-refractivity contribution < 1.29 is 9.59 Å². The van der Waals surface area contributed by atoms with Gasteiger partial charge >= 0.3 is 0 Å². The summed E-state index contributed by atoms with van der Waals surface area (Å²) >= 11 is 0. The van der Waals surface area contributed by atoms with Crippen LogP contribution in [0, 0.1) is 5.92 Å². The molecule has 0 saturated carbocycles. The van der Waals surface area contributed by atoms with Crippen LogP contribution in [-0.2, 0) is 18.3 Å². The highest BCUT2D eigenvalue weighted by Crippen LogP contribution is 2.26. The maximum atomic E-state index is 12.8. The quantitative estimate of drug-likeness (QED) is 0.835. The smallest absolute Gasteiger partial charge is 0.274 e. The lowest BCUT2D eigenvalue weighted by Gasteiger charge is -2.36. The van der Waals surface area contributed by atoms with Crippen LogP contribution in [0.1, 0.15) is 42.9 Å². The summed E-state index contributed by atoms with van der Waals surface area (Å²) in [5.74, 6) is -0.821. The number of aromatic nitrogens is 2. The summed E-state index contributed by atoms with van der Waals surface area (Å²) < 4.78 is 1.52. The normalized spacial score (nSPS) is 22.3. The van der Waals surface area contributed by atoms with Crippen molar-refractivity contribution in [2.75, 3.05) is 12.3 Å². The number of carbonyl (C=O) groups is 2. The van der Waals surface area contributed by atoms with Crippen LogP contribution >= 0.6 is 0 Å². The molecule has 7 nitrogen and oxygen atoms in total. The highest BCUT2D eigenvalue weighted by atomic mass is 16.2. The van der Waals surface area contributed by atoms with E-state index in [1.54, 1.807) is 11.9 Å². The number of aryl methyl sites for hydroxylation is 2. The van der Waals surface area contributed by atoms with Crippen LogP contribution in [0.3, 0.4) is 0 Å². The number of carbonyl (C=O) groups excluding carboxylic acids is 2. The summed E-state index contributed by atoms with van der Waals surface area (Å²) in [6, 6.07) is 0.0625. The third-order valence-corrected chi connectivity index (χ3v) is 4.24. The molecule has 1 saturated heterocycles. The lowest BCUT2D eigenvalue weighted by atomic mass is 9.92. The van der Waals surface area contributed by atoms with E-state index >= 15 is 0 Å². The van der Waals surface area contributed by atoms with Gasteiger partial charge in [0.2, 0.25) is 5.91 Å². The third-order valence-electron chi connectivity index (χ3n) is 4.24. The summed E-state index contributed by atoms with van der Waals surface area (Å²) in [7, 11) is 1.71. The molecule has 0 bridgehead atoms. The third kappa shape index (κ3) is 2.72. The van der Waals surface area contributed by atoms with Crippen molar-refractivity contribution in [2.45, 2.75) is 39.2 Å². The Kier molecular flexibility index (Phi) is 4.20. The van der Waals surface area contributed by atoms with Gasteiger partial charge in [-0.15, -0.1) is 0 Å². The van der Waals surface area contributed by atoms with E-state index in [4.69, 9.17) is 11.5 Å². The number of rotatable bonds is 3. The fourth-order valence-corrected chi connectivity index (χ4v) is 2.87. The molecule has 1 aromatic heterocycles. The predicted octanol–water partition coefficient (Wildman–Crippen LogP) is 0.291. The van der Waals surface area contributed by atoms with Crippen molar-refractivity contribution >= 4 is 17.5 Å². The van der Waals surface area contributed by atoms with Gasteiger partial charge in [-0.3, -0.25) is 14.3 Å². The Balaban J connectivity index is 2.30. The Bertz CT molecular complexity index is 566. The molecule has 0 radical (unpaired) electrons. The van der Waals surface area contributed by atoms with E-state index in [2.05, 4.69) is 5.10 Å². The Morgan fingerprint density at radius 1 is 1.38 bits per heavy atom. The number of nitrogens with zero attached hydrogens (tertiary/aromatic N) is 3. The molecule has 1 aliphatic heterocycles. The Morgan fingerprint density at radius 2 is 2.05 bits per heavy atom. The van der Waals surface area contributed by atoms with Crippen LogP contribution < -0.4 is 11.5 Å². The van der Waals surface area contributed by atoms with Crippen LogP contribution in [0.15, 0.2) is 0 Å². The van der Waals surface area contributed by atoms with E-state index in [1.165, 1.54) is 4.68 Å². The van der Waals surface area contributed by atoms with Crippen molar-refractivity contribution in [3.63, 3.8) is 0 Å². The predicted molar refractivity (Wildman–Crippen MR) is 79.4 cm³/mol. The summed E-state index contributed by atoms with van der Waals surface area (Å²) in [4.78, 5) is 25.9. The van der Waals surface area contributed by atoms with Gasteiger partial charge in [0.25, 0.3) is 5.91 Å². The minimum absolute atomic E-state index is 0.0625. The van der Waals surface area contributed by atoms with Crippen LogP contribution in [0.2, 0.25) is 0 Å². The molecule has 7 heteroatoms. The summed E-state index contributed by atoms with van der Waals surface area (Å²) in [5, 5.41) is 4.28. The molecular formula is C14H23N5O2. The van der Waals surface area contributed by atoms with Crippen LogP contribution in [0.25, 0.3) is 0 Å². The second-order valence-corrected chi connectivity index (χ2v) is 5.67. The molecule has 21 heavy (non-hydrogen) atoms. The minimum Gasteiger partial charge on any atom is -0.395 e. The van der Waals surface area contributed by atoms with Crippen molar-refractivity contribution in [3.05, 3.63) is 11.4 Å². The second-order valence-electron chi connectivity index (χ2n) is 5.67. The lowest BCUT2D eigenvalue weighted by Crippen LogP contribution is -2.49. The van der Waals surface area contributed by atoms with Gasteiger partial charge in [0, 0.05) is 19.6 Å². The largest absolute Gasteiger partial charge is 0.395 e. The zero-order valence-electron chi connectivity index (χ0n) is 12.8. The first kappa shape index (κ1) is 15.3. The van der Waals surface area contributed by atoms with E-state index in [0.717, 1.165) is 18.5 Å². The maximum absolute atomic E-state index is 12.8. The zero-order valence-corrected chi connectivity index (χ0v) is 12.8. The monoisotopic (exact) mass is 293 g/mol. The number of anilines is 1. The Labute approximate surface area is 124 Å². The molecule has 0 spiro atoms. The summed E-state index contributed by atoms with van der Waals surface area (Å²) in [5.41, 5.74) is 13.0. The molecule has 2 unspecified atom stereocenters. The van der Waals surface area contributed by atoms with Gasteiger partial charge in [-0.2, -0.15) is 5.10 Å². The SMILES string of the molecule is CCc1nn(C)c(C(=O)N2CC(C(N)=O)CCC2C)c1N. The Morgan fingerprint density at radius 3 is 2.57 bits per heavy atom. The number of nitrogens with two attached hydrogens (primary N) is 2. The van der Waals surface area contributed by atoms with Crippen LogP contribution in [0.4, 0.5) is 5.69 Å². The van der Waals surface area contributed by atoms with Crippen molar-refractivity contribution in [1.29, 1.82) is 0 Å². The van der Waals surface area contributed by atoms with Crippen molar-refractivity contribution in [1.82, 2.24) is 14.7 Å². The molecular weight excluding hydrogens is 270 g/mol. The number of piperidine rings is 1. The first-order valence-corrected chi connectivity index (χ1v) is 7.28. The molecule has 2 atom stereocenters. The van der Waals surface area contributed by atoms with Gasteiger partial charge in [0.15, 0.2) is 0 Å². The number of primary amides is 1. The second kappa shape index (κ2) is 5.75. The number of amides is 2. The number of hydrogen-bond acceptors (Lipinski definition) is 4. The van der Waals surface area contributed by atoms with Crippen molar-refractivity contribution in [2.24, 2.45) is 18.7 Å². The van der Waals surface area contributed by atoms with Gasteiger partial charge in [-0.05, 0) is 26.2 Å². The molecule has 4 N–H and O–H groups in total. The van der Waals surface area contributed by atoms with Crippen LogP contribution in [-0.4, -0.2) is 39.1 Å². The van der Waals surface area contributed by atoms with E-state index in [9.17, 15) is 9.59 Å². The van der Waals surface area contributed by atoms with E-state index in [0.29, 0.717) is 24.3 Å². The molecule has 2 heterocycles. The van der Waals surface area contributed by atoms with Gasteiger partial charge in [-0.25, -0.2) is 0 Å². The first-order chi connectivity index (χ1) is 9.86. The number of hydrogen-bond donors (Lipinski definition) is 2. The molecule has 2 amide bonds. The molecule has 2 rings (SSSR count). The van der Waals surface area contributed by atoms with E-state index < -0.39 is 0 Å². The number of likely N-dealkylation sites (tertiary alicyclic amines) is 1. The molecule has 1 aliphatic rings. The van der Waals surface area contributed by atoms with E-state index in [-0.39, 0.29) is 23.8 Å². The van der Waals surface area contributed by atoms with Gasteiger partial charge in [0.1, 0.15) is 5.69 Å². The van der Waals surface area contributed by atoms with Crippen LogP contribution in [0.5, 0.6) is 0 Å². The molecule has 0 aliphatic carbocycles. The Hall–Kier alpha value is -2.05. The van der Waals surface area contributed by atoms with Gasteiger partial charge in [-0.1, -0.05) is 6.92 Å². The average molecular weight is 293 g/mol. The average Bonchev–Trinajstić information content (AvgIpc) is 2.72. The fourth-order valence-electron chi connectivity index (χ4n) is 2.87. The summed E-state index contributed by atoms with van der Waals surface area (Å²) in [6.07, 6.45) is 2.16. The highest BCUT2D eigenvalue weighted by Gasteiger charge is 2.34. The van der Waals surface area contributed by atoms with E-state index in [1.807, 2.05) is 13.8 Å². The minimum atomic E-state index is -0.355.